The van der Waals surface area contributed by atoms with Gasteiger partial charge in [-0.05, 0) is 57.7 Å². The average Bonchev–Trinajstić information content (AvgIpc) is 3.12. The molecule has 1 saturated carbocycles. The van der Waals surface area contributed by atoms with Gasteiger partial charge in [0.25, 0.3) is 0 Å². The molecular formula is C16H20BF3O2. The van der Waals surface area contributed by atoms with Crippen molar-refractivity contribution in [1.82, 2.24) is 0 Å². The van der Waals surface area contributed by atoms with Crippen LogP contribution in [0.4, 0.5) is 13.2 Å². The Labute approximate surface area is 129 Å². The molecule has 2 nitrogen and oxygen atoms in total. The minimum Gasteiger partial charge on any atom is -0.403 e. The molecule has 0 bridgehead atoms. The lowest BCUT2D eigenvalue weighted by atomic mass is 9.79. The van der Waals surface area contributed by atoms with Gasteiger partial charge >= 0.3 is 13.3 Å². The van der Waals surface area contributed by atoms with Crippen LogP contribution < -0.4 is 0 Å². The van der Waals surface area contributed by atoms with E-state index < -0.39 is 11.7 Å². The summed E-state index contributed by atoms with van der Waals surface area (Å²) in [6.07, 6.45) is -3.39. The highest BCUT2D eigenvalue weighted by Gasteiger charge is 2.59. The molecular weight excluding hydrogens is 292 g/mol. The van der Waals surface area contributed by atoms with E-state index in [9.17, 15) is 13.2 Å². The third kappa shape index (κ3) is 2.67. The maximum absolute atomic E-state index is 12.6. The Bertz CT molecular complexity index is 550. The maximum atomic E-state index is 12.6. The topological polar surface area (TPSA) is 18.5 Å². The highest BCUT2D eigenvalue weighted by Crippen LogP contribution is 2.58. The molecule has 2 fully saturated rings. The lowest BCUT2D eigenvalue weighted by molar-refractivity contribution is -0.137. The minimum absolute atomic E-state index is 0.219. The predicted molar refractivity (Wildman–Crippen MR) is 78.6 cm³/mol. The molecule has 1 aliphatic heterocycles. The summed E-state index contributed by atoms with van der Waals surface area (Å²) in [6, 6.07) is 5.43. The SMILES string of the molecule is CC1(C)OB(C2C[C@@H]2c2ccc(C(F)(F)F)cc2)OC1(C)C. The van der Waals surface area contributed by atoms with E-state index in [2.05, 4.69) is 0 Å². The molecule has 0 radical (unpaired) electrons. The van der Waals surface area contributed by atoms with Crippen LogP contribution in [0.1, 0.15) is 51.2 Å². The van der Waals surface area contributed by atoms with Gasteiger partial charge in [0.05, 0.1) is 16.8 Å². The summed E-state index contributed by atoms with van der Waals surface area (Å²) in [4.78, 5) is 0. The Morgan fingerprint density at radius 2 is 1.50 bits per heavy atom. The summed E-state index contributed by atoms with van der Waals surface area (Å²) in [5.74, 6) is 0.440. The molecule has 2 aliphatic rings. The van der Waals surface area contributed by atoms with Crippen LogP contribution in [-0.2, 0) is 15.5 Å². The molecule has 3 rings (SSSR count). The zero-order valence-electron chi connectivity index (χ0n) is 13.2. The van der Waals surface area contributed by atoms with Gasteiger partial charge in [0.2, 0.25) is 0 Å². The monoisotopic (exact) mass is 312 g/mol. The van der Waals surface area contributed by atoms with Gasteiger partial charge in [-0.15, -0.1) is 0 Å². The van der Waals surface area contributed by atoms with E-state index in [4.69, 9.17) is 9.31 Å². The van der Waals surface area contributed by atoms with E-state index >= 15 is 0 Å². The molecule has 1 heterocycles. The van der Waals surface area contributed by atoms with Gasteiger partial charge in [0.15, 0.2) is 0 Å². The molecule has 22 heavy (non-hydrogen) atoms. The van der Waals surface area contributed by atoms with Crippen LogP contribution in [0.15, 0.2) is 24.3 Å². The molecule has 0 spiro atoms. The molecule has 1 saturated heterocycles. The number of hydrogen-bond acceptors (Lipinski definition) is 2. The third-order valence-electron chi connectivity index (χ3n) is 5.13. The van der Waals surface area contributed by atoms with Crippen molar-refractivity contribution in [2.24, 2.45) is 0 Å². The fraction of sp³-hybridized carbons (Fsp3) is 0.625. The molecule has 120 valence electrons. The Morgan fingerprint density at radius 1 is 1.00 bits per heavy atom. The second-order valence-corrected chi connectivity index (χ2v) is 7.25. The van der Waals surface area contributed by atoms with Crippen molar-refractivity contribution in [3.63, 3.8) is 0 Å². The van der Waals surface area contributed by atoms with Gasteiger partial charge in [-0.2, -0.15) is 13.2 Å². The summed E-state index contributed by atoms with van der Waals surface area (Å²) >= 11 is 0. The van der Waals surface area contributed by atoms with Crippen molar-refractivity contribution in [3.05, 3.63) is 35.4 Å². The molecule has 1 aromatic rings. The van der Waals surface area contributed by atoms with Crippen LogP contribution >= 0.6 is 0 Å². The largest absolute Gasteiger partial charge is 0.461 e. The first-order chi connectivity index (χ1) is 10.0. The Balaban J connectivity index is 1.68. The van der Waals surface area contributed by atoms with Gasteiger partial charge < -0.3 is 9.31 Å². The lowest BCUT2D eigenvalue weighted by Gasteiger charge is -2.32. The Hall–Kier alpha value is -1.01. The van der Waals surface area contributed by atoms with E-state index in [1.165, 1.54) is 0 Å². The van der Waals surface area contributed by atoms with Crippen molar-refractivity contribution < 1.29 is 22.5 Å². The van der Waals surface area contributed by atoms with Crippen LogP contribution in [0, 0.1) is 0 Å². The second kappa shape index (κ2) is 4.74. The zero-order valence-corrected chi connectivity index (χ0v) is 13.2. The molecule has 0 aromatic heterocycles. The first-order valence-corrected chi connectivity index (χ1v) is 7.54. The standard InChI is InChI=1S/C16H20BF3O2/c1-14(2)15(3,4)22-17(21-14)13-9-12(13)10-5-7-11(8-6-10)16(18,19)20/h5-8,12-13H,9H2,1-4H3/t12-,13?/m1/s1. The first-order valence-electron chi connectivity index (χ1n) is 7.54. The van der Waals surface area contributed by atoms with E-state index in [0.29, 0.717) is 0 Å². The van der Waals surface area contributed by atoms with E-state index in [1.54, 1.807) is 12.1 Å². The molecule has 2 atom stereocenters. The summed E-state index contributed by atoms with van der Waals surface area (Å²) in [6.45, 7) is 8.01. The quantitative estimate of drug-likeness (QED) is 0.740. The van der Waals surface area contributed by atoms with Gasteiger partial charge in [0.1, 0.15) is 0 Å². The van der Waals surface area contributed by atoms with Crippen molar-refractivity contribution in [3.8, 4) is 0 Å². The molecule has 1 aromatic carbocycles. The highest BCUT2D eigenvalue weighted by atomic mass is 19.4. The van der Waals surface area contributed by atoms with Crippen molar-refractivity contribution in [2.75, 3.05) is 0 Å². The van der Waals surface area contributed by atoms with Crippen LogP contribution in [0.5, 0.6) is 0 Å². The molecule has 6 heteroatoms. The molecule has 0 amide bonds. The zero-order chi connectivity index (χ0) is 16.3. The van der Waals surface area contributed by atoms with Gasteiger partial charge in [-0.1, -0.05) is 12.1 Å². The number of rotatable bonds is 2. The fourth-order valence-electron chi connectivity index (χ4n) is 2.88. The van der Waals surface area contributed by atoms with Crippen molar-refractivity contribution in [1.29, 1.82) is 0 Å². The average molecular weight is 312 g/mol. The summed E-state index contributed by atoms with van der Waals surface area (Å²) < 4.78 is 49.8. The number of halogens is 3. The second-order valence-electron chi connectivity index (χ2n) is 7.25. The molecule has 1 unspecified atom stereocenters. The van der Waals surface area contributed by atoms with E-state index in [0.717, 1.165) is 24.1 Å². The molecule has 0 N–H and O–H groups in total. The van der Waals surface area contributed by atoms with Gasteiger partial charge in [-0.3, -0.25) is 0 Å². The summed E-state index contributed by atoms with van der Waals surface area (Å²) in [5.41, 5.74) is -0.424. The maximum Gasteiger partial charge on any atom is 0.461 e. The van der Waals surface area contributed by atoms with Crippen molar-refractivity contribution >= 4 is 7.12 Å². The summed E-state index contributed by atoms with van der Waals surface area (Å²) in [5, 5.41) is 0. The number of benzene rings is 1. The summed E-state index contributed by atoms with van der Waals surface area (Å²) in [7, 11) is -0.280. The fourth-order valence-corrected chi connectivity index (χ4v) is 2.88. The first kappa shape index (κ1) is 15.9. The van der Waals surface area contributed by atoms with E-state index in [1.807, 2.05) is 27.7 Å². The normalized spacial score (nSPS) is 29.7. The van der Waals surface area contributed by atoms with Crippen LogP contribution in [0.25, 0.3) is 0 Å². The Morgan fingerprint density at radius 3 is 1.95 bits per heavy atom. The minimum atomic E-state index is -4.28. The lowest BCUT2D eigenvalue weighted by Crippen LogP contribution is -2.41. The highest BCUT2D eigenvalue weighted by molar-refractivity contribution is 6.49. The van der Waals surface area contributed by atoms with Gasteiger partial charge in [0, 0.05) is 5.82 Å². The number of hydrogen-bond donors (Lipinski definition) is 0. The number of alkyl halides is 3. The van der Waals surface area contributed by atoms with E-state index in [-0.39, 0.29) is 30.1 Å². The third-order valence-corrected chi connectivity index (χ3v) is 5.13. The van der Waals surface area contributed by atoms with Crippen LogP contribution in [-0.4, -0.2) is 18.3 Å². The van der Waals surface area contributed by atoms with Crippen LogP contribution in [0.3, 0.4) is 0 Å². The smallest absolute Gasteiger partial charge is 0.403 e. The van der Waals surface area contributed by atoms with Crippen LogP contribution in [0.2, 0.25) is 5.82 Å². The Kier molecular flexibility index (Phi) is 3.42. The molecule has 1 aliphatic carbocycles. The van der Waals surface area contributed by atoms with Crippen molar-refractivity contribution in [2.45, 2.75) is 63.2 Å². The predicted octanol–water partition coefficient (Wildman–Crippen LogP) is 4.66. The van der Waals surface area contributed by atoms with Gasteiger partial charge in [-0.25, -0.2) is 0 Å².